The summed E-state index contributed by atoms with van der Waals surface area (Å²) < 4.78 is 58.1. The maximum atomic E-state index is 12.7. The molecule has 1 heterocycles. The van der Waals surface area contributed by atoms with Gasteiger partial charge in [-0.3, -0.25) is 4.72 Å². The molecule has 3 aromatic rings. The average Bonchev–Trinajstić information content (AvgIpc) is 3.57. The number of fused-ring (bicyclic) bond motifs is 1. The Bertz CT molecular complexity index is 1260. The first-order chi connectivity index (χ1) is 15.8. The van der Waals surface area contributed by atoms with E-state index in [1.54, 1.807) is 37.3 Å². The molecule has 6 nitrogen and oxygen atoms in total. The van der Waals surface area contributed by atoms with Gasteiger partial charge in [0.05, 0.1) is 22.5 Å². The standard InChI is InChI=1S/C22H21F2N3O3S.C2H6/c1-2-31(28,29)26-16-7-5-15(6-8-16)21-19(12-25)18-10-9-17(30-22(23)24)11-20(18)27(21)13-14-3-4-14;1-2/h5-11,14,22,26H,2-4,13H2,1H3;1-2H3. The summed E-state index contributed by atoms with van der Waals surface area (Å²) in [6, 6.07) is 13.7. The van der Waals surface area contributed by atoms with Crippen molar-refractivity contribution < 1.29 is 21.9 Å². The van der Waals surface area contributed by atoms with Crippen LogP contribution in [-0.2, 0) is 16.6 Å². The molecule has 0 atom stereocenters. The van der Waals surface area contributed by atoms with Crippen LogP contribution in [-0.4, -0.2) is 25.3 Å². The van der Waals surface area contributed by atoms with Crippen LogP contribution in [0.25, 0.3) is 22.2 Å². The Labute approximate surface area is 192 Å². The molecule has 0 saturated heterocycles. The fourth-order valence-corrected chi connectivity index (χ4v) is 4.25. The predicted octanol–water partition coefficient (Wildman–Crippen LogP) is 5.98. The highest BCUT2D eigenvalue weighted by atomic mass is 32.2. The highest BCUT2D eigenvalue weighted by molar-refractivity contribution is 7.92. The summed E-state index contributed by atoms with van der Waals surface area (Å²) in [6.45, 7) is 3.28. The van der Waals surface area contributed by atoms with Gasteiger partial charge in [0.1, 0.15) is 11.8 Å². The lowest BCUT2D eigenvalue weighted by Gasteiger charge is -2.12. The fraction of sp³-hybridized carbons (Fsp3) is 0.375. The second-order valence-electron chi connectivity index (χ2n) is 7.53. The summed E-state index contributed by atoms with van der Waals surface area (Å²) in [5.41, 5.74) is 2.96. The van der Waals surface area contributed by atoms with Crippen LogP contribution in [0.1, 0.15) is 39.2 Å². The Kier molecular flexibility index (Phi) is 7.59. The summed E-state index contributed by atoms with van der Waals surface area (Å²) >= 11 is 0. The summed E-state index contributed by atoms with van der Waals surface area (Å²) in [5, 5.41) is 10.6. The first kappa shape index (κ1) is 24.5. The third-order valence-corrected chi connectivity index (χ3v) is 6.63. The molecule has 1 aliphatic rings. The Morgan fingerprint density at radius 1 is 1.18 bits per heavy atom. The van der Waals surface area contributed by atoms with E-state index in [9.17, 15) is 22.5 Å². The lowest BCUT2D eigenvalue weighted by molar-refractivity contribution is -0.0497. The van der Waals surface area contributed by atoms with Gasteiger partial charge < -0.3 is 9.30 Å². The van der Waals surface area contributed by atoms with Gasteiger partial charge in [-0.05, 0) is 55.5 Å². The van der Waals surface area contributed by atoms with E-state index in [0.717, 1.165) is 18.4 Å². The zero-order valence-electron chi connectivity index (χ0n) is 18.8. The molecule has 0 unspecified atom stereocenters. The van der Waals surface area contributed by atoms with E-state index in [-0.39, 0.29) is 11.5 Å². The molecule has 2 aromatic carbocycles. The van der Waals surface area contributed by atoms with Gasteiger partial charge in [-0.15, -0.1) is 0 Å². The van der Waals surface area contributed by atoms with Crippen LogP contribution in [0.3, 0.4) is 0 Å². The number of nitrogens with zero attached hydrogens (tertiary/aromatic N) is 2. The number of nitrogens with one attached hydrogen (secondary N) is 1. The third kappa shape index (κ3) is 5.63. The monoisotopic (exact) mass is 475 g/mol. The van der Waals surface area contributed by atoms with Crippen LogP contribution in [0.15, 0.2) is 42.5 Å². The lowest BCUT2D eigenvalue weighted by atomic mass is 10.1. The molecule has 1 N–H and O–H groups in total. The zero-order valence-corrected chi connectivity index (χ0v) is 19.6. The summed E-state index contributed by atoms with van der Waals surface area (Å²) in [4.78, 5) is 0. The molecule has 176 valence electrons. The van der Waals surface area contributed by atoms with Crippen molar-refractivity contribution in [3.05, 3.63) is 48.0 Å². The van der Waals surface area contributed by atoms with E-state index in [2.05, 4.69) is 15.5 Å². The van der Waals surface area contributed by atoms with Gasteiger partial charge in [0.15, 0.2) is 0 Å². The zero-order chi connectivity index (χ0) is 24.2. The molecule has 0 radical (unpaired) electrons. The third-order valence-electron chi connectivity index (χ3n) is 5.32. The molecule has 1 fully saturated rings. The van der Waals surface area contributed by atoms with Gasteiger partial charge in [-0.25, -0.2) is 8.42 Å². The van der Waals surface area contributed by atoms with E-state index < -0.39 is 16.6 Å². The van der Waals surface area contributed by atoms with Gasteiger partial charge in [0.2, 0.25) is 10.0 Å². The molecule has 1 saturated carbocycles. The number of benzene rings is 2. The van der Waals surface area contributed by atoms with Crippen molar-refractivity contribution in [3.8, 4) is 23.1 Å². The summed E-state index contributed by atoms with van der Waals surface area (Å²) in [5.74, 6) is 0.472. The Morgan fingerprint density at radius 3 is 2.39 bits per heavy atom. The van der Waals surface area contributed by atoms with Crippen molar-refractivity contribution in [2.45, 2.75) is 46.8 Å². The summed E-state index contributed by atoms with van der Waals surface area (Å²) in [7, 11) is -3.40. The average molecular weight is 476 g/mol. The number of sulfonamides is 1. The maximum Gasteiger partial charge on any atom is 0.387 e. The molecule has 0 bridgehead atoms. The van der Waals surface area contributed by atoms with Crippen molar-refractivity contribution in [2.75, 3.05) is 10.5 Å². The topological polar surface area (TPSA) is 84.1 Å². The molecule has 0 aliphatic heterocycles. The van der Waals surface area contributed by atoms with Crippen molar-refractivity contribution in [1.29, 1.82) is 5.26 Å². The number of hydrogen-bond acceptors (Lipinski definition) is 4. The highest BCUT2D eigenvalue weighted by Crippen LogP contribution is 2.40. The first-order valence-electron chi connectivity index (χ1n) is 10.9. The first-order valence-corrected chi connectivity index (χ1v) is 12.6. The Balaban J connectivity index is 0.00000149. The SMILES string of the molecule is CC.CCS(=O)(=O)Nc1ccc(-c2c(C#N)c3ccc(OC(F)F)cc3n2CC2CC2)cc1. The van der Waals surface area contributed by atoms with Crippen molar-refractivity contribution >= 4 is 26.6 Å². The Morgan fingerprint density at radius 2 is 1.85 bits per heavy atom. The van der Waals surface area contributed by atoms with Gasteiger partial charge in [0.25, 0.3) is 0 Å². The van der Waals surface area contributed by atoms with E-state index in [4.69, 9.17) is 0 Å². The van der Waals surface area contributed by atoms with Gasteiger partial charge >= 0.3 is 6.61 Å². The molecule has 1 aromatic heterocycles. The fourth-order valence-electron chi connectivity index (χ4n) is 3.61. The molecular formula is C24H27F2N3O3S. The lowest BCUT2D eigenvalue weighted by Crippen LogP contribution is -2.14. The molecule has 0 spiro atoms. The minimum Gasteiger partial charge on any atom is -0.435 e. The summed E-state index contributed by atoms with van der Waals surface area (Å²) in [6.07, 6.45) is 2.15. The van der Waals surface area contributed by atoms with E-state index in [1.807, 2.05) is 18.4 Å². The van der Waals surface area contributed by atoms with E-state index >= 15 is 0 Å². The van der Waals surface area contributed by atoms with Crippen molar-refractivity contribution in [1.82, 2.24) is 4.57 Å². The van der Waals surface area contributed by atoms with Crippen LogP contribution in [0.4, 0.5) is 14.5 Å². The number of rotatable bonds is 8. The van der Waals surface area contributed by atoms with Crippen molar-refractivity contribution in [2.24, 2.45) is 5.92 Å². The predicted molar refractivity (Wildman–Crippen MR) is 126 cm³/mol. The van der Waals surface area contributed by atoms with Crippen LogP contribution in [0.2, 0.25) is 0 Å². The van der Waals surface area contributed by atoms with Gasteiger partial charge in [-0.1, -0.05) is 26.0 Å². The molecule has 1 aliphatic carbocycles. The number of hydrogen-bond donors (Lipinski definition) is 1. The largest absolute Gasteiger partial charge is 0.435 e. The molecule has 33 heavy (non-hydrogen) atoms. The molecular weight excluding hydrogens is 448 g/mol. The number of halogens is 2. The van der Waals surface area contributed by atoms with Gasteiger partial charge in [0, 0.05) is 23.7 Å². The quantitative estimate of drug-likeness (QED) is 0.434. The second-order valence-corrected chi connectivity index (χ2v) is 9.54. The van der Waals surface area contributed by atoms with Crippen LogP contribution < -0.4 is 9.46 Å². The smallest absolute Gasteiger partial charge is 0.387 e. The Hall–Kier alpha value is -3.12. The highest BCUT2D eigenvalue weighted by Gasteiger charge is 2.27. The number of ether oxygens (including phenoxy) is 1. The minimum atomic E-state index is -3.40. The van der Waals surface area contributed by atoms with E-state index in [1.165, 1.54) is 12.1 Å². The number of anilines is 1. The second kappa shape index (κ2) is 10.2. The number of nitriles is 1. The molecule has 0 amide bonds. The normalized spacial score (nSPS) is 13.4. The van der Waals surface area contributed by atoms with Gasteiger partial charge in [-0.2, -0.15) is 14.0 Å². The minimum absolute atomic E-state index is 0.0357. The van der Waals surface area contributed by atoms with Crippen LogP contribution >= 0.6 is 0 Å². The van der Waals surface area contributed by atoms with E-state index in [0.29, 0.717) is 40.3 Å². The van der Waals surface area contributed by atoms with Crippen LogP contribution in [0, 0.1) is 17.2 Å². The molecule has 4 rings (SSSR count). The molecule has 9 heteroatoms. The maximum absolute atomic E-state index is 12.7. The number of alkyl halides is 2. The van der Waals surface area contributed by atoms with Crippen molar-refractivity contribution in [3.63, 3.8) is 0 Å². The van der Waals surface area contributed by atoms with Crippen LogP contribution in [0.5, 0.6) is 5.75 Å². The number of aromatic nitrogens is 1.